The van der Waals surface area contributed by atoms with E-state index < -0.39 is 0 Å². The maximum absolute atomic E-state index is 12.7. The van der Waals surface area contributed by atoms with Gasteiger partial charge in [-0.3, -0.25) is 9.59 Å². The minimum atomic E-state index is -0.328. The monoisotopic (exact) mass is 361 g/mol. The standard InChI is InChI=1S/C22H19NO4/c1-13(2)22(25)26-15-8-9-17-19(11-15)27-20(21(17)24)10-14-12-23(3)18-7-5-4-6-16(14)18/h4-13H,1-3H3/b20-10-. The van der Waals surface area contributed by atoms with E-state index in [1.54, 1.807) is 38.1 Å². The molecule has 1 aliphatic rings. The Hall–Kier alpha value is -3.34. The van der Waals surface area contributed by atoms with E-state index in [0.717, 1.165) is 16.5 Å². The SMILES string of the molecule is CC(C)C(=O)Oc1ccc2c(c1)O/C(=C\c1cn(C)c3ccccc13)C2=O. The van der Waals surface area contributed by atoms with E-state index in [0.29, 0.717) is 17.1 Å². The van der Waals surface area contributed by atoms with E-state index >= 15 is 0 Å². The van der Waals surface area contributed by atoms with E-state index in [1.165, 1.54) is 0 Å². The molecule has 3 aromatic rings. The molecule has 1 aliphatic heterocycles. The van der Waals surface area contributed by atoms with Crippen molar-refractivity contribution in [2.24, 2.45) is 13.0 Å². The van der Waals surface area contributed by atoms with Crippen LogP contribution in [0.2, 0.25) is 0 Å². The van der Waals surface area contributed by atoms with Gasteiger partial charge in [0.1, 0.15) is 11.5 Å². The summed E-state index contributed by atoms with van der Waals surface area (Å²) in [5.41, 5.74) is 2.46. The molecular formula is C22H19NO4. The zero-order chi connectivity index (χ0) is 19.1. The maximum atomic E-state index is 12.7. The fourth-order valence-electron chi connectivity index (χ4n) is 3.09. The second-order valence-corrected chi connectivity index (χ2v) is 6.89. The fourth-order valence-corrected chi connectivity index (χ4v) is 3.09. The number of Topliss-reactive ketones (excluding diaryl/α,β-unsaturated/α-hetero) is 1. The molecule has 2 aromatic carbocycles. The van der Waals surface area contributed by atoms with Gasteiger partial charge in [-0.2, -0.15) is 0 Å². The lowest BCUT2D eigenvalue weighted by Gasteiger charge is -2.07. The van der Waals surface area contributed by atoms with Crippen LogP contribution in [0.1, 0.15) is 29.8 Å². The van der Waals surface area contributed by atoms with Crippen LogP contribution in [-0.4, -0.2) is 16.3 Å². The summed E-state index contributed by atoms with van der Waals surface area (Å²) in [5, 5.41) is 1.05. The summed E-state index contributed by atoms with van der Waals surface area (Å²) >= 11 is 0. The summed E-state index contributed by atoms with van der Waals surface area (Å²) < 4.78 is 13.1. The minimum Gasteiger partial charge on any atom is -0.452 e. The van der Waals surface area contributed by atoms with E-state index in [4.69, 9.17) is 9.47 Å². The first-order valence-electron chi connectivity index (χ1n) is 8.78. The third-order valence-electron chi connectivity index (χ3n) is 4.55. The third kappa shape index (κ3) is 3.01. The number of ketones is 1. The number of para-hydroxylation sites is 1. The Morgan fingerprint density at radius 2 is 1.96 bits per heavy atom. The topological polar surface area (TPSA) is 57.5 Å². The smallest absolute Gasteiger partial charge is 0.313 e. The molecule has 0 saturated carbocycles. The highest BCUT2D eigenvalue weighted by atomic mass is 16.5. The summed E-state index contributed by atoms with van der Waals surface area (Å²) in [5.74, 6) is 0.286. The highest BCUT2D eigenvalue weighted by Crippen LogP contribution is 2.35. The number of fused-ring (bicyclic) bond motifs is 2. The van der Waals surface area contributed by atoms with Gasteiger partial charge in [0, 0.05) is 35.8 Å². The number of aromatic nitrogens is 1. The van der Waals surface area contributed by atoms with Crippen molar-refractivity contribution >= 4 is 28.7 Å². The molecule has 136 valence electrons. The highest BCUT2D eigenvalue weighted by Gasteiger charge is 2.28. The van der Waals surface area contributed by atoms with Crippen LogP contribution in [0.3, 0.4) is 0 Å². The first kappa shape index (κ1) is 17.1. The van der Waals surface area contributed by atoms with Crippen LogP contribution in [0.25, 0.3) is 17.0 Å². The molecule has 0 amide bonds. The van der Waals surface area contributed by atoms with Gasteiger partial charge in [-0.05, 0) is 24.3 Å². The number of nitrogens with zero attached hydrogens (tertiary/aromatic N) is 1. The molecule has 0 bridgehead atoms. The van der Waals surface area contributed by atoms with Crippen molar-refractivity contribution in [2.45, 2.75) is 13.8 Å². The zero-order valence-electron chi connectivity index (χ0n) is 15.4. The summed E-state index contributed by atoms with van der Waals surface area (Å²) in [6.07, 6.45) is 3.72. The van der Waals surface area contributed by atoms with Crippen molar-refractivity contribution in [2.75, 3.05) is 0 Å². The number of ether oxygens (including phenoxy) is 2. The van der Waals surface area contributed by atoms with Gasteiger partial charge in [-0.1, -0.05) is 32.0 Å². The van der Waals surface area contributed by atoms with Crippen LogP contribution < -0.4 is 9.47 Å². The number of esters is 1. The van der Waals surface area contributed by atoms with Crippen LogP contribution in [-0.2, 0) is 11.8 Å². The molecule has 0 atom stereocenters. The van der Waals surface area contributed by atoms with Crippen molar-refractivity contribution < 1.29 is 19.1 Å². The summed E-state index contributed by atoms with van der Waals surface area (Å²) in [6.45, 7) is 3.53. The Morgan fingerprint density at radius 1 is 1.19 bits per heavy atom. The Morgan fingerprint density at radius 3 is 2.74 bits per heavy atom. The average molecular weight is 361 g/mol. The highest BCUT2D eigenvalue weighted by molar-refractivity contribution is 6.15. The van der Waals surface area contributed by atoms with Crippen molar-refractivity contribution in [1.29, 1.82) is 0 Å². The van der Waals surface area contributed by atoms with Crippen LogP contribution in [0.5, 0.6) is 11.5 Å². The van der Waals surface area contributed by atoms with E-state index in [2.05, 4.69) is 0 Å². The number of carbonyl (C=O) groups is 2. The van der Waals surface area contributed by atoms with Gasteiger partial charge in [0.2, 0.25) is 5.78 Å². The normalized spacial score (nSPS) is 14.7. The molecule has 0 spiro atoms. The molecule has 5 heteroatoms. The van der Waals surface area contributed by atoms with Crippen molar-refractivity contribution in [1.82, 2.24) is 4.57 Å². The summed E-state index contributed by atoms with van der Waals surface area (Å²) in [6, 6.07) is 12.8. The van der Waals surface area contributed by atoms with Gasteiger partial charge >= 0.3 is 5.97 Å². The Balaban J connectivity index is 1.67. The van der Waals surface area contributed by atoms with Crippen LogP contribution in [0, 0.1) is 5.92 Å². The number of benzene rings is 2. The number of hydrogen-bond acceptors (Lipinski definition) is 4. The summed E-state index contributed by atoms with van der Waals surface area (Å²) in [7, 11) is 1.96. The van der Waals surface area contributed by atoms with Gasteiger partial charge in [0.25, 0.3) is 0 Å². The Labute approximate surface area is 156 Å². The zero-order valence-corrected chi connectivity index (χ0v) is 15.4. The molecule has 0 saturated heterocycles. The molecular weight excluding hydrogens is 342 g/mol. The number of aryl methyl sites for hydroxylation is 1. The number of hydrogen-bond donors (Lipinski definition) is 0. The van der Waals surface area contributed by atoms with Crippen molar-refractivity contribution in [3.63, 3.8) is 0 Å². The third-order valence-corrected chi connectivity index (χ3v) is 4.55. The van der Waals surface area contributed by atoms with Gasteiger partial charge < -0.3 is 14.0 Å². The van der Waals surface area contributed by atoms with Gasteiger partial charge in [-0.15, -0.1) is 0 Å². The lowest BCUT2D eigenvalue weighted by molar-refractivity contribution is -0.137. The maximum Gasteiger partial charge on any atom is 0.313 e. The quantitative estimate of drug-likeness (QED) is 0.395. The molecule has 0 N–H and O–H groups in total. The van der Waals surface area contributed by atoms with E-state index in [1.807, 2.05) is 42.1 Å². The molecule has 0 unspecified atom stereocenters. The molecule has 5 nitrogen and oxygen atoms in total. The molecule has 0 aliphatic carbocycles. The van der Waals surface area contributed by atoms with Crippen LogP contribution >= 0.6 is 0 Å². The van der Waals surface area contributed by atoms with Crippen molar-refractivity contribution in [3.05, 3.63) is 65.5 Å². The Bertz CT molecular complexity index is 1100. The lowest BCUT2D eigenvalue weighted by atomic mass is 10.1. The Kier molecular flexibility index (Phi) is 4.07. The van der Waals surface area contributed by atoms with Gasteiger partial charge in [0.05, 0.1) is 11.5 Å². The molecule has 0 radical (unpaired) electrons. The predicted octanol–water partition coefficient (Wildman–Crippen LogP) is 4.36. The van der Waals surface area contributed by atoms with Crippen LogP contribution in [0.15, 0.2) is 54.4 Å². The number of rotatable bonds is 3. The molecule has 0 fully saturated rings. The minimum absolute atomic E-state index is 0.181. The second-order valence-electron chi connectivity index (χ2n) is 6.89. The van der Waals surface area contributed by atoms with E-state index in [9.17, 15) is 9.59 Å². The number of allylic oxidation sites excluding steroid dienone is 1. The van der Waals surface area contributed by atoms with Gasteiger partial charge in [-0.25, -0.2) is 0 Å². The first-order valence-corrected chi connectivity index (χ1v) is 8.78. The second kappa shape index (κ2) is 6.43. The van der Waals surface area contributed by atoms with Crippen molar-refractivity contribution in [3.8, 4) is 11.5 Å². The van der Waals surface area contributed by atoms with E-state index in [-0.39, 0.29) is 23.4 Å². The molecule has 2 heterocycles. The molecule has 27 heavy (non-hydrogen) atoms. The fraction of sp³-hybridized carbons (Fsp3) is 0.182. The van der Waals surface area contributed by atoms with Crippen LogP contribution in [0.4, 0.5) is 0 Å². The number of carbonyl (C=O) groups excluding carboxylic acids is 2. The predicted molar refractivity (Wildman–Crippen MR) is 103 cm³/mol. The largest absolute Gasteiger partial charge is 0.452 e. The first-order chi connectivity index (χ1) is 12.9. The average Bonchev–Trinajstić information content (AvgIpc) is 3.13. The molecule has 1 aromatic heterocycles. The van der Waals surface area contributed by atoms with Gasteiger partial charge in [0.15, 0.2) is 5.76 Å². The molecule has 4 rings (SSSR count). The lowest BCUT2D eigenvalue weighted by Crippen LogP contribution is -2.14. The summed E-state index contributed by atoms with van der Waals surface area (Å²) in [4.78, 5) is 24.4.